The number of hydrogen-bond acceptors (Lipinski definition) is 3. The molecule has 0 amide bonds. The SMILES string of the molecule is C[NH+](C)Cc1nc2ccccc2c(=O)n1CC#N. The van der Waals surface area contributed by atoms with Crippen LogP contribution in [0, 0.1) is 11.3 Å². The summed E-state index contributed by atoms with van der Waals surface area (Å²) >= 11 is 0. The van der Waals surface area contributed by atoms with Crippen molar-refractivity contribution in [3.05, 3.63) is 40.4 Å². The molecule has 5 heteroatoms. The van der Waals surface area contributed by atoms with E-state index in [2.05, 4.69) is 4.98 Å². The van der Waals surface area contributed by atoms with E-state index in [1.165, 1.54) is 4.57 Å². The van der Waals surface area contributed by atoms with Gasteiger partial charge in [0.1, 0.15) is 13.1 Å². The highest BCUT2D eigenvalue weighted by atomic mass is 16.1. The zero-order valence-electron chi connectivity index (χ0n) is 10.5. The van der Waals surface area contributed by atoms with Gasteiger partial charge in [-0.3, -0.25) is 9.36 Å². The molecule has 0 bridgehead atoms. The lowest BCUT2D eigenvalue weighted by Gasteiger charge is -2.12. The average molecular weight is 243 g/mol. The van der Waals surface area contributed by atoms with Crippen molar-refractivity contribution in [1.82, 2.24) is 9.55 Å². The fraction of sp³-hybridized carbons (Fsp3) is 0.308. The van der Waals surface area contributed by atoms with Crippen LogP contribution in [-0.4, -0.2) is 23.6 Å². The summed E-state index contributed by atoms with van der Waals surface area (Å²) in [6, 6.07) is 9.24. The molecule has 0 aliphatic rings. The largest absolute Gasteiger partial charge is 0.334 e. The number of benzene rings is 1. The van der Waals surface area contributed by atoms with Gasteiger partial charge in [-0.25, -0.2) is 4.98 Å². The van der Waals surface area contributed by atoms with E-state index < -0.39 is 0 Å². The van der Waals surface area contributed by atoms with Crippen LogP contribution in [0.2, 0.25) is 0 Å². The molecule has 0 fully saturated rings. The van der Waals surface area contributed by atoms with Gasteiger partial charge in [0.25, 0.3) is 5.56 Å². The number of fused-ring (bicyclic) bond motifs is 1. The summed E-state index contributed by atoms with van der Waals surface area (Å²) in [7, 11) is 3.97. The van der Waals surface area contributed by atoms with E-state index in [9.17, 15) is 4.79 Å². The zero-order valence-corrected chi connectivity index (χ0v) is 10.5. The van der Waals surface area contributed by atoms with Gasteiger partial charge in [0.15, 0.2) is 5.82 Å². The minimum absolute atomic E-state index is 0.0410. The molecule has 0 saturated carbocycles. The molecule has 0 saturated heterocycles. The number of nitrogens with one attached hydrogen (secondary N) is 1. The molecule has 2 aromatic rings. The van der Waals surface area contributed by atoms with Crippen LogP contribution in [0.25, 0.3) is 10.9 Å². The van der Waals surface area contributed by atoms with Crippen molar-refractivity contribution in [3.8, 4) is 6.07 Å². The summed E-state index contributed by atoms with van der Waals surface area (Å²) in [6.45, 7) is 0.654. The molecule has 0 aliphatic carbocycles. The van der Waals surface area contributed by atoms with Gasteiger partial charge in [0, 0.05) is 0 Å². The lowest BCUT2D eigenvalue weighted by atomic mass is 10.2. The van der Waals surface area contributed by atoms with E-state index in [1.807, 2.05) is 32.3 Å². The first-order chi connectivity index (χ1) is 8.63. The molecule has 1 aromatic heterocycles. The monoisotopic (exact) mass is 243 g/mol. The van der Waals surface area contributed by atoms with Crippen molar-refractivity contribution in [2.75, 3.05) is 14.1 Å². The molecule has 92 valence electrons. The summed E-state index contributed by atoms with van der Waals surface area (Å²) in [5, 5.41) is 9.39. The quantitative estimate of drug-likeness (QED) is 0.795. The Morgan fingerprint density at radius 3 is 2.78 bits per heavy atom. The van der Waals surface area contributed by atoms with Crippen molar-refractivity contribution in [3.63, 3.8) is 0 Å². The number of hydrogen-bond donors (Lipinski definition) is 1. The maximum absolute atomic E-state index is 12.3. The summed E-state index contributed by atoms with van der Waals surface area (Å²) in [6.07, 6.45) is 0. The number of nitriles is 1. The highest BCUT2D eigenvalue weighted by molar-refractivity contribution is 5.77. The number of nitrogens with zero attached hydrogens (tertiary/aromatic N) is 3. The number of quaternary nitrogens is 1. The van der Waals surface area contributed by atoms with Gasteiger partial charge in [-0.05, 0) is 12.1 Å². The van der Waals surface area contributed by atoms with Crippen LogP contribution >= 0.6 is 0 Å². The first-order valence-corrected chi connectivity index (χ1v) is 5.78. The first kappa shape index (κ1) is 12.3. The molecule has 18 heavy (non-hydrogen) atoms. The molecule has 1 heterocycles. The predicted molar refractivity (Wildman–Crippen MR) is 68.1 cm³/mol. The molecular weight excluding hydrogens is 228 g/mol. The van der Waals surface area contributed by atoms with Crippen molar-refractivity contribution in [2.45, 2.75) is 13.1 Å². The van der Waals surface area contributed by atoms with Crippen molar-refractivity contribution < 1.29 is 4.90 Å². The van der Waals surface area contributed by atoms with Crippen molar-refractivity contribution in [2.24, 2.45) is 0 Å². The number of para-hydroxylation sites is 1. The Kier molecular flexibility index (Phi) is 3.40. The Labute approximate surface area is 105 Å². The Bertz CT molecular complexity index is 667. The van der Waals surface area contributed by atoms with Gasteiger partial charge in [0.2, 0.25) is 0 Å². The Balaban J connectivity index is 2.71. The molecule has 0 radical (unpaired) electrons. The molecule has 5 nitrogen and oxygen atoms in total. The normalized spacial score (nSPS) is 10.8. The smallest absolute Gasteiger partial charge is 0.262 e. The molecule has 2 rings (SSSR count). The van der Waals surface area contributed by atoms with Crippen LogP contribution in [0.4, 0.5) is 0 Å². The van der Waals surface area contributed by atoms with Crippen LogP contribution in [-0.2, 0) is 13.1 Å². The third kappa shape index (κ3) is 2.24. The third-order valence-corrected chi connectivity index (χ3v) is 2.68. The number of rotatable bonds is 3. The Hall–Kier alpha value is -2.19. The summed E-state index contributed by atoms with van der Waals surface area (Å²) < 4.78 is 1.45. The van der Waals surface area contributed by atoms with Crippen LogP contribution in [0.5, 0.6) is 0 Å². The van der Waals surface area contributed by atoms with Gasteiger partial charge >= 0.3 is 0 Å². The average Bonchev–Trinajstić information content (AvgIpc) is 2.33. The van der Waals surface area contributed by atoms with E-state index in [4.69, 9.17) is 5.26 Å². The second-order valence-electron chi connectivity index (χ2n) is 4.48. The highest BCUT2D eigenvalue weighted by Crippen LogP contribution is 2.07. The minimum Gasteiger partial charge on any atom is -0.334 e. The number of aromatic nitrogens is 2. The molecule has 1 aromatic carbocycles. The fourth-order valence-corrected chi connectivity index (χ4v) is 1.90. The van der Waals surface area contributed by atoms with Crippen LogP contribution in [0.15, 0.2) is 29.1 Å². The van der Waals surface area contributed by atoms with E-state index >= 15 is 0 Å². The van der Waals surface area contributed by atoms with Gasteiger partial charge in [-0.15, -0.1) is 0 Å². The predicted octanol–water partition coefficient (Wildman–Crippen LogP) is -0.435. The molecular formula is C13H15N4O+. The highest BCUT2D eigenvalue weighted by Gasteiger charge is 2.12. The maximum Gasteiger partial charge on any atom is 0.262 e. The van der Waals surface area contributed by atoms with Gasteiger partial charge in [-0.1, -0.05) is 12.1 Å². The van der Waals surface area contributed by atoms with E-state index in [1.54, 1.807) is 12.1 Å². The molecule has 0 aliphatic heterocycles. The first-order valence-electron chi connectivity index (χ1n) is 5.78. The van der Waals surface area contributed by atoms with Gasteiger partial charge < -0.3 is 4.90 Å². The van der Waals surface area contributed by atoms with E-state index in [0.717, 1.165) is 4.90 Å². The Morgan fingerprint density at radius 1 is 1.39 bits per heavy atom. The van der Waals surface area contributed by atoms with Crippen LogP contribution in [0.1, 0.15) is 5.82 Å². The summed E-state index contributed by atoms with van der Waals surface area (Å²) in [4.78, 5) is 17.9. The minimum atomic E-state index is -0.140. The zero-order chi connectivity index (χ0) is 13.1. The second-order valence-corrected chi connectivity index (χ2v) is 4.48. The molecule has 0 spiro atoms. The lowest BCUT2D eigenvalue weighted by Crippen LogP contribution is -3.04. The molecule has 0 unspecified atom stereocenters. The summed E-state index contributed by atoms with van der Waals surface area (Å²) in [5.41, 5.74) is 0.548. The van der Waals surface area contributed by atoms with E-state index in [-0.39, 0.29) is 12.1 Å². The van der Waals surface area contributed by atoms with Gasteiger partial charge in [-0.2, -0.15) is 5.26 Å². The second kappa shape index (κ2) is 4.98. The Morgan fingerprint density at radius 2 is 2.11 bits per heavy atom. The molecule has 0 atom stereocenters. The maximum atomic E-state index is 12.3. The fourth-order valence-electron chi connectivity index (χ4n) is 1.90. The van der Waals surface area contributed by atoms with Crippen molar-refractivity contribution >= 4 is 10.9 Å². The third-order valence-electron chi connectivity index (χ3n) is 2.68. The van der Waals surface area contributed by atoms with Crippen LogP contribution < -0.4 is 10.5 Å². The standard InChI is InChI=1S/C13H14N4O/c1-16(2)9-12-15-11-6-4-3-5-10(11)13(18)17(12)8-7-14/h3-6H,8-9H2,1-2H3/p+1. The van der Waals surface area contributed by atoms with E-state index in [0.29, 0.717) is 23.3 Å². The van der Waals surface area contributed by atoms with Gasteiger partial charge in [0.05, 0.1) is 31.1 Å². The lowest BCUT2D eigenvalue weighted by molar-refractivity contribution is -0.873. The van der Waals surface area contributed by atoms with Crippen LogP contribution in [0.3, 0.4) is 0 Å². The summed E-state index contributed by atoms with van der Waals surface area (Å²) in [5.74, 6) is 0.653. The topological polar surface area (TPSA) is 63.1 Å². The molecule has 1 N–H and O–H groups in total. The van der Waals surface area contributed by atoms with Crippen molar-refractivity contribution in [1.29, 1.82) is 5.26 Å².